The maximum absolute atomic E-state index is 11.9. The lowest BCUT2D eigenvalue weighted by Gasteiger charge is -2.13. The Bertz CT molecular complexity index is 448. The quantitative estimate of drug-likeness (QED) is 0.514. The molecule has 0 heterocycles. The van der Waals surface area contributed by atoms with Gasteiger partial charge in [0.25, 0.3) is 0 Å². The number of benzene rings is 1. The van der Waals surface area contributed by atoms with Gasteiger partial charge in [-0.3, -0.25) is 4.79 Å². The maximum atomic E-state index is 11.9. The molecule has 1 aromatic carbocycles. The van der Waals surface area contributed by atoms with Crippen molar-refractivity contribution >= 4 is 17.7 Å². The summed E-state index contributed by atoms with van der Waals surface area (Å²) in [6.07, 6.45) is 2.25. The van der Waals surface area contributed by atoms with Crippen LogP contribution in [0.4, 0.5) is 0 Å². The van der Waals surface area contributed by atoms with Gasteiger partial charge in [-0.1, -0.05) is 13.3 Å². The highest BCUT2D eigenvalue weighted by Gasteiger charge is 2.16. The second kappa shape index (κ2) is 9.55. The van der Waals surface area contributed by atoms with Crippen molar-refractivity contribution in [2.75, 3.05) is 20.0 Å². The van der Waals surface area contributed by atoms with Gasteiger partial charge in [-0.2, -0.15) is 0 Å². The zero-order chi connectivity index (χ0) is 15.7. The molecular formula is C16H24O4S. The summed E-state index contributed by atoms with van der Waals surface area (Å²) in [7, 11) is 3.19. The molecule has 0 aromatic heterocycles. The van der Waals surface area contributed by atoms with Gasteiger partial charge >= 0.3 is 5.97 Å². The van der Waals surface area contributed by atoms with E-state index in [9.17, 15) is 4.79 Å². The van der Waals surface area contributed by atoms with Crippen molar-refractivity contribution in [2.45, 2.75) is 38.5 Å². The molecule has 21 heavy (non-hydrogen) atoms. The van der Waals surface area contributed by atoms with Crippen molar-refractivity contribution in [3.8, 4) is 11.5 Å². The SMILES string of the molecule is CCCCSC(C)C(=O)OCc1cc(OC)ccc1OC. The van der Waals surface area contributed by atoms with Gasteiger partial charge in [0.05, 0.1) is 19.5 Å². The average molecular weight is 312 g/mol. The van der Waals surface area contributed by atoms with Crippen LogP contribution in [0.5, 0.6) is 11.5 Å². The molecule has 0 spiro atoms. The van der Waals surface area contributed by atoms with Gasteiger partial charge in [0.2, 0.25) is 0 Å². The first-order valence-electron chi connectivity index (χ1n) is 7.11. The Morgan fingerprint density at radius 2 is 2.05 bits per heavy atom. The summed E-state index contributed by atoms with van der Waals surface area (Å²) in [4.78, 5) is 11.9. The number of ether oxygens (including phenoxy) is 3. The Balaban J connectivity index is 2.55. The Morgan fingerprint density at radius 3 is 2.67 bits per heavy atom. The monoisotopic (exact) mass is 312 g/mol. The molecule has 1 rings (SSSR count). The van der Waals surface area contributed by atoms with Crippen LogP contribution in [0.3, 0.4) is 0 Å². The van der Waals surface area contributed by atoms with Crippen LogP contribution in [0, 0.1) is 0 Å². The zero-order valence-corrected chi connectivity index (χ0v) is 14.0. The third-order valence-electron chi connectivity index (χ3n) is 3.06. The van der Waals surface area contributed by atoms with E-state index in [1.807, 2.05) is 19.1 Å². The van der Waals surface area contributed by atoms with E-state index in [2.05, 4.69) is 6.92 Å². The maximum Gasteiger partial charge on any atom is 0.319 e. The highest BCUT2D eigenvalue weighted by atomic mass is 32.2. The Labute approximate surface area is 131 Å². The predicted octanol–water partition coefficient (Wildman–Crippen LogP) is 3.67. The molecular weight excluding hydrogens is 288 g/mol. The van der Waals surface area contributed by atoms with Crippen LogP contribution in [-0.2, 0) is 16.1 Å². The largest absolute Gasteiger partial charge is 0.497 e. The normalized spacial score (nSPS) is 11.8. The van der Waals surface area contributed by atoms with Crippen molar-refractivity contribution in [1.82, 2.24) is 0 Å². The fraction of sp³-hybridized carbons (Fsp3) is 0.562. The number of carbonyl (C=O) groups is 1. The zero-order valence-electron chi connectivity index (χ0n) is 13.2. The van der Waals surface area contributed by atoms with Gasteiger partial charge in [0.15, 0.2) is 0 Å². The predicted molar refractivity (Wildman–Crippen MR) is 86.2 cm³/mol. The lowest BCUT2D eigenvalue weighted by Crippen LogP contribution is -2.17. The number of carbonyl (C=O) groups excluding carboxylic acids is 1. The number of hydrogen-bond acceptors (Lipinski definition) is 5. The van der Waals surface area contributed by atoms with Gasteiger partial charge in [-0.25, -0.2) is 0 Å². The van der Waals surface area contributed by atoms with Crippen molar-refractivity contribution < 1.29 is 19.0 Å². The minimum absolute atomic E-state index is 0.145. The molecule has 0 fully saturated rings. The Morgan fingerprint density at radius 1 is 1.29 bits per heavy atom. The van der Waals surface area contributed by atoms with Crippen LogP contribution in [0.2, 0.25) is 0 Å². The summed E-state index contributed by atoms with van der Waals surface area (Å²) in [6, 6.07) is 5.44. The average Bonchev–Trinajstić information content (AvgIpc) is 2.52. The van der Waals surface area contributed by atoms with Crippen LogP contribution >= 0.6 is 11.8 Å². The summed E-state index contributed by atoms with van der Waals surface area (Å²) in [5, 5.41) is -0.145. The highest BCUT2D eigenvalue weighted by Crippen LogP contribution is 2.25. The van der Waals surface area contributed by atoms with Crippen LogP contribution in [0.1, 0.15) is 32.3 Å². The molecule has 1 atom stereocenters. The minimum Gasteiger partial charge on any atom is -0.497 e. The topological polar surface area (TPSA) is 44.8 Å². The summed E-state index contributed by atoms with van der Waals surface area (Å²) in [6.45, 7) is 4.21. The highest BCUT2D eigenvalue weighted by molar-refractivity contribution is 8.00. The van der Waals surface area contributed by atoms with Gasteiger partial charge < -0.3 is 14.2 Å². The van der Waals surface area contributed by atoms with E-state index < -0.39 is 0 Å². The number of thioether (sulfide) groups is 1. The van der Waals surface area contributed by atoms with E-state index >= 15 is 0 Å². The number of rotatable bonds is 9. The third kappa shape index (κ3) is 5.87. The van der Waals surface area contributed by atoms with Gasteiger partial charge in [0.1, 0.15) is 18.1 Å². The molecule has 118 valence electrons. The van der Waals surface area contributed by atoms with E-state index in [0.717, 1.165) is 24.2 Å². The van der Waals surface area contributed by atoms with Crippen molar-refractivity contribution in [3.05, 3.63) is 23.8 Å². The van der Waals surface area contributed by atoms with Crippen LogP contribution < -0.4 is 9.47 Å². The van der Waals surface area contributed by atoms with E-state index in [1.165, 1.54) is 0 Å². The van der Waals surface area contributed by atoms with Crippen molar-refractivity contribution in [1.29, 1.82) is 0 Å². The van der Waals surface area contributed by atoms with E-state index in [0.29, 0.717) is 11.5 Å². The molecule has 1 unspecified atom stereocenters. The Hall–Kier alpha value is -1.36. The first kappa shape index (κ1) is 17.7. The second-order valence-corrected chi connectivity index (χ2v) is 6.10. The lowest BCUT2D eigenvalue weighted by atomic mass is 10.2. The number of unbranched alkanes of at least 4 members (excludes halogenated alkanes) is 1. The first-order valence-corrected chi connectivity index (χ1v) is 8.16. The van der Waals surface area contributed by atoms with Crippen LogP contribution in [0.15, 0.2) is 18.2 Å². The first-order chi connectivity index (χ1) is 10.1. The van der Waals surface area contributed by atoms with Crippen molar-refractivity contribution in [3.63, 3.8) is 0 Å². The molecule has 0 aliphatic carbocycles. The standard InChI is InChI=1S/C16H24O4S/c1-5-6-9-21-12(2)16(17)20-11-13-10-14(18-3)7-8-15(13)19-4/h7-8,10,12H,5-6,9,11H2,1-4H3. The fourth-order valence-corrected chi connectivity index (χ4v) is 2.75. The smallest absolute Gasteiger partial charge is 0.319 e. The van der Waals surface area contributed by atoms with Gasteiger partial charge in [-0.05, 0) is 37.3 Å². The molecule has 0 aliphatic rings. The molecule has 0 bridgehead atoms. The van der Waals surface area contributed by atoms with Gasteiger partial charge in [0, 0.05) is 5.56 Å². The molecule has 0 amide bonds. The number of esters is 1. The number of methoxy groups -OCH3 is 2. The summed E-state index contributed by atoms with van der Waals surface area (Å²) in [5.74, 6) is 2.19. The molecule has 0 aliphatic heterocycles. The third-order valence-corrected chi connectivity index (χ3v) is 4.27. The molecule has 0 N–H and O–H groups in total. The van der Waals surface area contributed by atoms with Crippen LogP contribution in [0.25, 0.3) is 0 Å². The summed E-state index contributed by atoms with van der Waals surface area (Å²) >= 11 is 1.63. The summed E-state index contributed by atoms with van der Waals surface area (Å²) in [5.41, 5.74) is 0.802. The molecule has 1 aromatic rings. The lowest BCUT2D eigenvalue weighted by molar-refractivity contribution is -0.143. The van der Waals surface area contributed by atoms with Gasteiger partial charge in [-0.15, -0.1) is 11.8 Å². The summed E-state index contributed by atoms with van der Waals surface area (Å²) < 4.78 is 15.8. The van der Waals surface area contributed by atoms with Crippen LogP contribution in [-0.4, -0.2) is 31.2 Å². The minimum atomic E-state index is -0.194. The fourth-order valence-electron chi connectivity index (χ4n) is 1.73. The molecule has 0 saturated carbocycles. The van der Waals surface area contributed by atoms with Crippen molar-refractivity contribution in [2.24, 2.45) is 0 Å². The Kier molecular flexibility index (Phi) is 8.05. The van der Waals surface area contributed by atoms with E-state index in [4.69, 9.17) is 14.2 Å². The number of hydrogen-bond donors (Lipinski definition) is 0. The molecule has 0 saturated heterocycles. The molecule has 5 heteroatoms. The second-order valence-electron chi connectivity index (χ2n) is 4.65. The van der Waals surface area contributed by atoms with E-state index in [1.54, 1.807) is 32.0 Å². The molecule has 0 radical (unpaired) electrons. The molecule has 4 nitrogen and oxygen atoms in total. The van der Waals surface area contributed by atoms with E-state index in [-0.39, 0.29) is 17.8 Å².